The van der Waals surface area contributed by atoms with E-state index in [4.69, 9.17) is 4.74 Å². The van der Waals surface area contributed by atoms with Gasteiger partial charge in [0.15, 0.2) is 0 Å². The minimum Gasteiger partial charge on any atom is -0.369 e. The summed E-state index contributed by atoms with van der Waals surface area (Å²) in [5.41, 5.74) is -0.312. The normalized spacial score (nSPS) is 12.8. The van der Waals surface area contributed by atoms with E-state index in [1.165, 1.54) is 18.2 Å². The maximum atomic E-state index is 12.1. The van der Waals surface area contributed by atoms with Gasteiger partial charge in [-0.1, -0.05) is 19.9 Å². The topological polar surface area (TPSA) is 128 Å². The number of nitro benzene ring substituents is 1. The van der Waals surface area contributed by atoms with Crippen molar-refractivity contribution in [1.82, 2.24) is 10.0 Å². The highest BCUT2D eigenvalue weighted by Gasteiger charge is 2.18. The number of nitrogens with zero attached hydrogens (tertiary/aromatic N) is 1. The summed E-state index contributed by atoms with van der Waals surface area (Å²) in [6.45, 7) is 6.25. The van der Waals surface area contributed by atoms with Gasteiger partial charge in [0.2, 0.25) is 15.9 Å². The predicted octanol–water partition coefficient (Wildman–Crippen LogP) is 1.44. The van der Waals surface area contributed by atoms with Crippen molar-refractivity contribution in [1.29, 1.82) is 0 Å². The summed E-state index contributed by atoms with van der Waals surface area (Å²) in [6.07, 6.45) is 0.225. The molecule has 1 aromatic rings. The van der Waals surface area contributed by atoms with E-state index in [2.05, 4.69) is 23.9 Å². The third-order valence-electron chi connectivity index (χ3n) is 3.49. The number of amides is 1. The van der Waals surface area contributed by atoms with Crippen molar-refractivity contribution in [2.45, 2.75) is 38.2 Å². The Morgan fingerprint density at radius 2 is 1.96 bits per heavy atom. The van der Waals surface area contributed by atoms with Crippen molar-refractivity contribution < 1.29 is 22.9 Å². The van der Waals surface area contributed by atoms with Crippen LogP contribution in [0.4, 0.5) is 5.69 Å². The number of ether oxygens (including phenoxy) is 1. The van der Waals surface area contributed by atoms with E-state index in [9.17, 15) is 23.3 Å². The first-order valence-electron chi connectivity index (χ1n) is 8.27. The Bertz CT molecular complexity index is 720. The first-order chi connectivity index (χ1) is 12.1. The molecular formula is C16H25N3O6S. The van der Waals surface area contributed by atoms with E-state index in [1.54, 1.807) is 6.92 Å². The van der Waals surface area contributed by atoms with Gasteiger partial charge in [-0.3, -0.25) is 14.9 Å². The number of sulfonamides is 1. The van der Waals surface area contributed by atoms with Crippen molar-refractivity contribution in [3.8, 4) is 0 Å². The number of carbonyl (C=O) groups excluding carboxylic acids is 1. The Balaban J connectivity index is 2.43. The molecule has 10 heteroatoms. The number of rotatable bonds is 11. The number of hydrogen-bond donors (Lipinski definition) is 2. The van der Waals surface area contributed by atoms with E-state index in [-0.39, 0.29) is 29.6 Å². The van der Waals surface area contributed by atoms with Crippen LogP contribution in [0.5, 0.6) is 0 Å². The minimum absolute atomic E-state index is 0.0462. The molecule has 1 amide bonds. The summed E-state index contributed by atoms with van der Waals surface area (Å²) in [5.74, 6) is 0.150. The average Bonchev–Trinajstić information content (AvgIpc) is 2.58. The van der Waals surface area contributed by atoms with Gasteiger partial charge in [-0.05, 0) is 25.3 Å². The maximum Gasteiger partial charge on any atom is 0.270 e. The van der Waals surface area contributed by atoms with Gasteiger partial charge < -0.3 is 10.1 Å². The van der Waals surface area contributed by atoms with E-state index >= 15 is 0 Å². The second kappa shape index (κ2) is 10.2. The monoisotopic (exact) mass is 387 g/mol. The molecule has 1 aromatic carbocycles. The van der Waals surface area contributed by atoms with E-state index in [0.29, 0.717) is 12.5 Å². The highest BCUT2D eigenvalue weighted by atomic mass is 32.2. The molecule has 1 rings (SSSR count). The summed E-state index contributed by atoms with van der Waals surface area (Å²) in [6, 6.07) is 4.74. The van der Waals surface area contributed by atoms with Crippen LogP contribution in [0, 0.1) is 16.0 Å². The molecule has 0 fully saturated rings. The number of hydrogen-bond acceptors (Lipinski definition) is 6. The van der Waals surface area contributed by atoms with Gasteiger partial charge in [0, 0.05) is 31.8 Å². The summed E-state index contributed by atoms with van der Waals surface area (Å²) in [5, 5.41) is 13.3. The van der Waals surface area contributed by atoms with Crippen LogP contribution in [0.1, 0.15) is 27.2 Å². The largest absolute Gasteiger partial charge is 0.369 e. The molecule has 1 atom stereocenters. The molecule has 0 saturated carbocycles. The first-order valence-corrected chi connectivity index (χ1v) is 9.75. The molecule has 0 radical (unpaired) electrons. The quantitative estimate of drug-likeness (QED) is 0.336. The highest BCUT2D eigenvalue weighted by Crippen LogP contribution is 2.16. The second-order valence-electron chi connectivity index (χ2n) is 6.14. The molecule has 9 nitrogen and oxygen atoms in total. The first kappa shape index (κ1) is 22.0. The van der Waals surface area contributed by atoms with Crippen molar-refractivity contribution in [2.75, 3.05) is 19.7 Å². The fourth-order valence-corrected chi connectivity index (χ4v) is 2.99. The lowest BCUT2D eigenvalue weighted by Crippen LogP contribution is -2.39. The van der Waals surface area contributed by atoms with Crippen LogP contribution in [-0.2, 0) is 19.6 Å². The van der Waals surface area contributed by atoms with Crippen molar-refractivity contribution in [3.05, 3.63) is 34.4 Å². The molecule has 0 heterocycles. The van der Waals surface area contributed by atoms with Crippen LogP contribution in [0.3, 0.4) is 0 Å². The predicted molar refractivity (Wildman–Crippen MR) is 96.2 cm³/mol. The van der Waals surface area contributed by atoms with Crippen LogP contribution >= 0.6 is 0 Å². The standard InChI is InChI=1S/C16H25N3O6S/c1-12(2)7-10-25-13(3)16(20)17-8-9-18-26(23,24)15-6-4-5-14(11-15)19(21)22/h4-6,11-13,18H,7-10H2,1-3H3,(H,17,20). The number of nitro groups is 1. The summed E-state index contributed by atoms with van der Waals surface area (Å²) < 4.78 is 31.9. The number of non-ortho nitro benzene ring substituents is 1. The molecule has 0 aliphatic carbocycles. The summed E-state index contributed by atoms with van der Waals surface area (Å²) >= 11 is 0. The van der Waals surface area contributed by atoms with Crippen LogP contribution in [0.15, 0.2) is 29.2 Å². The molecule has 146 valence electrons. The molecule has 1 unspecified atom stereocenters. The Morgan fingerprint density at radius 3 is 2.58 bits per heavy atom. The minimum atomic E-state index is -3.90. The molecular weight excluding hydrogens is 362 g/mol. The lowest BCUT2D eigenvalue weighted by Gasteiger charge is -2.14. The summed E-state index contributed by atoms with van der Waals surface area (Å²) in [7, 11) is -3.90. The van der Waals surface area contributed by atoms with Gasteiger partial charge in [0.05, 0.1) is 9.82 Å². The van der Waals surface area contributed by atoms with Gasteiger partial charge in [0.25, 0.3) is 5.69 Å². The average molecular weight is 387 g/mol. The number of benzene rings is 1. The molecule has 2 N–H and O–H groups in total. The van der Waals surface area contributed by atoms with Crippen molar-refractivity contribution >= 4 is 21.6 Å². The lowest BCUT2D eigenvalue weighted by molar-refractivity contribution is -0.385. The van der Waals surface area contributed by atoms with Crippen molar-refractivity contribution in [2.24, 2.45) is 5.92 Å². The Labute approximate surface area is 153 Å². The fraction of sp³-hybridized carbons (Fsp3) is 0.562. The molecule has 0 aliphatic rings. The maximum absolute atomic E-state index is 12.1. The van der Waals surface area contributed by atoms with Gasteiger partial charge in [-0.25, -0.2) is 13.1 Å². The van der Waals surface area contributed by atoms with Crippen LogP contribution < -0.4 is 10.0 Å². The number of nitrogens with one attached hydrogen (secondary N) is 2. The Morgan fingerprint density at radius 1 is 1.27 bits per heavy atom. The lowest BCUT2D eigenvalue weighted by atomic mass is 10.1. The summed E-state index contributed by atoms with van der Waals surface area (Å²) in [4.78, 5) is 21.7. The van der Waals surface area contributed by atoms with E-state index < -0.39 is 21.1 Å². The SMILES string of the molecule is CC(C)CCOC(C)C(=O)NCCNS(=O)(=O)c1cccc([N+](=O)[O-])c1. The van der Waals surface area contributed by atoms with E-state index in [0.717, 1.165) is 12.5 Å². The molecule has 26 heavy (non-hydrogen) atoms. The zero-order chi connectivity index (χ0) is 19.7. The highest BCUT2D eigenvalue weighted by molar-refractivity contribution is 7.89. The molecule has 0 saturated heterocycles. The molecule has 0 spiro atoms. The zero-order valence-corrected chi connectivity index (χ0v) is 15.9. The Hall–Kier alpha value is -2.04. The molecule has 0 bridgehead atoms. The van der Waals surface area contributed by atoms with Gasteiger partial charge >= 0.3 is 0 Å². The van der Waals surface area contributed by atoms with Gasteiger partial charge in [-0.15, -0.1) is 0 Å². The second-order valence-corrected chi connectivity index (χ2v) is 7.91. The Kier molecular flexibility index (Phi) is 8.62. The molecule has 0 aliphatic heterocycles. The van der Waals surface area contributed by atoms with Crippen LogP contribution in [-0.4, -0.2) is 45.0 Å². The van der Waals surface area contributed by atoms with Crippen LogP contribution in [0.25, 0.3) is 0 Å². The molecule has 0 aromatic heterocycles. The smallest absolute Gasteiger partial charge is 0.270 e. The third kappa shape index (κ3) is 7.46. The number of carbonyl (C=O) groups is 1. The zero-order valence-electron chi connectivity index (χ0n) is 15.1. The van der Waals surface area contributed by atoms with Gasteiger partial charge in [0.1, 0.15) is 6.10 Å². The fourth-order valence-electron chi connectivity index (χ4n) is 1.92. The van der Waals surface area contributed by atoms with Gasteiger partial charge in [-0.2, -0.15) is 0 Å². The van der Waals surface area contributed by atoms with E-state index in [1.807, 2.05) is 0 Å². The van der Waals surface area contributed by atoms with Crippen LogP contribution in [0.2, 0.25) is 0 Å². The third-order valence-corrected chi connectivity index (χ3v) is 4.95. The van der Waals surface area contributed by atoms with Crippen molar-refractivity contribution in [3.63, 3.8) is 0 Å².